The van der Waals surface area contributed by atoms with E-state index in [0.29, 0.717) is 0 Å². The van der Waals surface area contributed by atoms with Crippen LogP contribution < -0.4 is 0 Å². The van der Waals surface area contributed by atoms with E-state index in [4.69, 9.17) is 0 Å². The predicted octanol–water partition coefficient (Wildman–Crippen LogP) is 5.94. The molecule has 23 heavy (non-hydrogen) atoms. The Labute approximate surface area is 134 Å². The van der Waals surface area contributed by atoms with Gasteiger partial charge in [0.25, 0.3) is 0 Å². The van der Waals surface area contributed by atoms with Gasteiger partial charge in [-0.25, -0.2) is 0 Å². The summed E-state index contributed by atoms with van der Waals surface area (Å²) in [7, 11) is 0. The highest BCUT2D eigenvalue weighted by Gasteiger charge is 2.10. The van der Waals surface area contributed by atoms with Crippen LogP contribution in [0.15, 0.2) is 79.0 Å². The first-order valence-corrected chi connectivity index (χ1v) is 7.80. The second-order valence-electron chi connectivity index (χ2n) is 5.85. The van der Waals surface area contributed by atoms with Crippen LogP contribution in [0.5, 0.6) is 0 Å². The van der Waals surface area contributed by atoms with E-state index < -0.39 is 0 Å². The smallest absolute Gasteiger partial charge is 0.0460 e. The third-order valence-corrected chi connectivity index (χ3v) is 4.58. The molecule has 0 amide bonds. The van der Waals surface area contributed by atoms with Crippen LogP contribution in [0.3, 0.4) is 0 Å². The summed E-state index contributed by atoms with van der Waals surface area (Å²) in [6.07, 6.45) is 2.09. The fraction of sp³-hybridized carbons (Fsp3) is 0. The molecule has 1 radical (unpaired) electrons. The molecule has 0 aliphatic heterocycles. The molecule has 1 aromatic heterocycles. The Morgan fingerprint density at radius 1 is 0.652 bits per heavy atom. The lowest BCUT2D eigenvalue weighted by Gasteiger charge is -2.08. The number of benzene rings is 4. The van der Waals surface area contributed by atoms with Gasteiger partial charge in [-0.2, -0.15) is 0 Å². The summed E-state index contributed by atoms with van der Waals surface area (Å²) < 4.78 is 0. The van der Waals surface area contributed by atoms with Gasteiger partial charge < -0.3 is 4.98 Å². The standard InChI is InChI=1S/C22H14N/c1-2-7-16-15(6-1)12-13-19-17(16)9-5-10-18(19)21-14-23-22-11-4-3-8-20(21)22/h1-9,11-14,23H. The van der Waals surface area contributed by atoms with Crippen LogP contribution >= 0.6 is 0 Å². The molecule has 5 rings (SSSR count). The molecule has 0 atom stereocenters. The molecule has 0 unspecified atom stereocenters. The molecule has 0 saturated heterocycles. The van der Waals surface area contributed by atoms with Crippen molar-refractivity contribution in [2.45, 2.75) is 0 Å². The number of fused-ring (bicyclic) bond motifs is 4. The first-order chi connectivity index (χ1) is 11.4. The normalized spacial score (nSPS) is 11.5. The molecule has 107 valence electrons. The lowest BCUT2D eigenvalue weighted by molar-refractivity contribution is 1.48. The minimum atomic E-state index is 1.16. The molecule has 0 saturated carbocycles. The molecular weight excluding hydrogens is 278 g/mol. The number of H-pyrrole nitrogens is 1. The van der Waals surface area contributed by atoms with Crippen LogP contribution in [0.4, 0.5) is 0 Å². The van der Waals surface area contributed by atoms with Gasteiger partial charge in [0.2, 0.25) is 0 Å². The Morgan fingerprint density at radius 3 is 2.43 bits per heavy atom. The Kier molecular flexibility index (Phi) is 2.56. The van der Waals surface area contributed by atoms with Crippen molar-refractivity contribution in [1.82, 2.24) is 4.98 Å². The van der Waals surface area contributed by atoms with Crippen LogP contribution in [-0.2, 0) is 0 Å². The number of aromatic amines is 1. The highest BCUT2D eigenvalue weighted by atomic mass is 14.7. The van der Waals surface area contributed by atoms with E-state index in [1.165, 1.54) is 32.5 Å². The van der Waals surface area contributed by atoms with Gasteiger partial charge in [-0.3, -0.25) is 0 Å². The number of hydrogen-bond donors (Lipinski definition) is 1. The molecule has 1 heteroatoms. The highest BCUT2D eigenvalue weighted by molar-refractivity contribution is 6.14. The van der Waals surface area contributed by atoms with Crippen molar-refractivity contribution in [3.05, 3.63) is 85.1 Å². The fourth-order valence-electron chi connectivity index (χ4n) is 3.48. The first kappa shape index (κ1) is 12.5. The molecule has 0 fully saturated rings. The molecule has 0 aliphatic rings. The van der Waals surface area contributed by atoms with Gasteiger partial charge in [-0.1, -0.05) is 66.7 Å². The number of nitrogens with one attached hydrogen (secondary N) is 1. The quantitative estimate of drug-likeness (QED) is 0.368. The van der Waals surface area contributed by atoms with Gasteiger partial charge in [-0.05, 0) is 39.2 Å². The van der Waals surface area contributed by atoms with E-state index in [0.717, 1.165) is 11.1 Å². The minimum absolute atomic E-state index is 1.16. The summed E-state index contributed by atoms with van der Waals surface area (Å²) >= 11 is 0. The largest absolute Gasteiger partial charge is 0.361 e. The van der Waals surface area contributed by atoms with Crippen molar-refractivity contribution in [3.8, 4) is 11.1 Å². The van der Waals surface area contributed by atoms with Crippen LogP contribution in [0.1, 0.15) is 0 Å². The second-order valence-corrected chi connectivity index (χ2v) is 5.85. The van der Waals surface area contributed by atoms with Crippen LogP contribution in [0.2, 0.25) is 0 Å². The number of rotatable bonds is 1. The maximum atomic E-state index is 3.45. The zero-order chi connectivity index (χ0) is 15.2. The van der Waals surface area contributed by atoms with E-state index in [1.807, 2.05) is 6.07 Å². The lowest BCUT2D eigenvalue weighted by atomic mass is 9.94. The maximum Gasteiger partial charge on any atom is 0.0460 e. The van der Waals surface area contributed by atoms with Crippen molar-refractivity contribution in [2.24, 2.45) is 0 Å². The van der Waals surface area contributed by atoms with Gasteiger partial charge in [-0.15, -0.1) is 0 Å². The number of para-hydroxylation sites is 1. The van der Waals surface area contributed by atoms with E-state index in [9.17, 15) is 0 Å². The molecule has 0 bridgehead atoms. The van der Waals surface area contributed by atoms with Crippen molar-refractivity contribution < 1.29 is 0 Å². The molecule has 1 N–H and O–H groups in total. The summed E-state index contributed by atoms with van der Waals surface area (Å²) in [6.45, 7) is 0. The highest BCUT2D eigenvalue weighted by Crippen LogP contribution is 2.35. The monoisotopic (exact) mass is 292 g/mol. The Balaban J connectivity index is 1.90. The van der Waals surface area contributed by atoms with Gasteiger partial charge in [0, 0.05) is 22.7 Å². The fourth-order valence-corrected chi connectivity index (χ4v) is 3.48. The SMILES string of the molecule is [c]1ccc2c(ccc3ccccc32)c1-c1c[nH]c2ccccc12. The van der Waals surface area contributed by atoms with Crippen molar-refractivity contribution in [2.75, 3.05) is 0 Å². The second kappa shape index (κ2) is 4.72. The topological polar surface area (TPSA) is 15.8 Å². The Hall–Kier alpha value is -3.06. The third-order valence-electron chi connectivity index (χ3n) is 4.58. The molecule has 5 aromatic rings. The van der Waals surface area contributed by atoms with Crippen molar-refractivity contribution >= 4 is 32.4 Å². The lowest BCUT2D eigenvalue weighted by Crippen LogP contribution is -1.82. The third kappa shape index (κ3) is 1.80. The zero-order valence-electron chi connectivity index (χ0n) is 12.5. The van der Waals surface area contributed by atoms with E-state index in [2.05, 4.69) is 84.0 Å². The van der Waals surface area contributed by atoms with E-state index in [-0.39, 0.29) is 0 Å². The van der Waals surface area contributed by atoms with Gasteiger partial charge in [0.1, 0.15) is 0 Å². The van der Waals surface area contributed by atoms with E-state index in [1.54, 1.807) is 0 Å². The Morgan fingerprint density at radius 2 is 1.48 bits per heavy atom. The molecule has 1 nitrogen and oxygen atoms in total. The molecule has 4 aromatic carbocycles. The maximum absolute atomic E-state index is 3.45. The van der Waals surface area contributed by atoms with Crippen LogP contribution in [0.25, 0.3) is 43.6 Å². The van der Waals surface area contributed by atoms with Gasteiger partial charge >= 0.3 is 0 Å². The minimum Gasteiger partial charge on any atom is -0.361 e. The summed E-state index contributed by atoms with van der Waals surface area (Å²) in [5, 5.41) is 6.33. The van der Waals surface area contributed by atoms with Crippen LogP contribution in [-0.4, -0.2) is 4.98 Å². The van der Waals surface area contributed by atoms with Gasteiger partial charge in [0.15, 0.2) is 0 Å². The zero-order valence-corrected chi connectivity index (χ0v) is 12.5. The summed E-state index contributed by atoms with van der Waals surface area (Å²) in [6, 6.07) is 29.0. The van der Waals surface area contributed by atoms with Crippen LogP contribution in [0, 0.1) is 6.07 Å². The molecule has 0 aliphatic carbocycles. The Bertz CT molecular complexity index is 1160. The summed E-state index contributed by atoms with van der Waals surface area (Å²) in [5.74, 6) is 0. The van der Waals surface area contributed by atoms with E-state index >= 15 is 0 Å². The molecular formula is C22H14N. The molecule has 1 heterocycles. The van der Waals surface area contributed by atoms with Crippen molar-refractivity contribution in [3.63, 3.8) is 0 Å². The summed E-state index contributed by atoms with van der Waals surface area (Å²) in [4.78, 5) is 3.37. The number of aromatic nitrogens is 1. The van der Waals surface area contributed by atoms with Gasteiger partial charge in [0.05, 0.1) is 0 Å². The predicted molar refractivity (Wildman–Crippen MR) is 97.6 cm³/mol. The average Bonchev–Trinajstić information content (AvgIpc) is 3.05. The average molecular weight is 292 g/mol. The van der Waals surface area contributed by atoms with Crippen molar-refractivity contribution in [1.29, 1.82) is 0 Å². The summed E-state index contributed by atoms with van der Waals surface area (Å²) in [5.41, 5.74) is 3.53. The number of hydrogen-bond acceptors (Lipinski definition) is 0. The first-order valence-electron chi connectivity index (χ1n) is 7.80. The molecule has 0 spiro atoms.